The number of esters is 2. The predicted molar refractivity (Wildman–Crippen MR) is 246 cm³/mol. The number of benzene rings is 1. The van der Waals surface area contributed by atoms with E-state index in [1.807, 2.05) is 0 Å². The average molecular weight is 835 g/mol. The van der Waals surface area contributed by atoms with E-state index in [4.69, 9.17) is 18.5 Å². The highest BCUT2D eigenvalue weighted by molar-refractivity contribution is 7.62. The summed E-state index contributed by atoms with van der Waals surface area (Å²) in [4.78, 5) is 25.0. The van der Waals surface area contributed by atoms with Gasteiger partial charge in [0.2, 0.25) is 0 Å². The Hall–Kier alpha value is -1.69. The predicted octanol–water partition coefficient (Wildman–Crippen LogP) is 16.2. The molecule has 0 aliphatic rings. The van der Waals surface area contributed by atoms with Crippen LogP contribution in [0.4, 0.5) is 0 Å². The molecule has 0 atom stereocenters. The zero-order valence-corrected chi connectivity index (χ0v) is 39.3. The Bertz CT molecular complexity index is 1070. The second kappa shape index (κ2) is 39.4. The lowest BCUT2D eigenvalue weighted by Crippen LogP contribution is -2.17. The molecule has 0 spiro atoms. The molecule has 0 heterocycles. The van der Waals surface area contributed by atoms with E-state index < -0.39 is 19.5 Å². The van der Waals surface area contributed by atoms with Gasteiger partial charge in [0.1, 0.15) is 0 Å². The number of hydrogen-bond acceptors (Lipinski definition) is 7. The topological polar surface area (TPSA) is 88.1 Å². The van der Waals surface area contributed by atoms with Crippen molar-refractivity contribution in [3.63, 3.8) is 0 Å². The molecule has 0 aliphatic heterocycles. The van der Waals surface area contributed by atoms with Crippen LogP contribution in [0.25, 0.3) is 0 Å². The van der Waals surface area contributed by atoms with Crippen molar-refractivity contribution in [1.82, 2.24) is 0 Å². The number of rotatable bonds is 43. The first kappa shape index (κ1) is 54.3. The Balaban J connectivity index is 2.37. The molecule has 8 heteroatoms. The van der Waals surface area contributed by atoms with Crippen molar-refractivity contribution >= 4 is 24.8 Å². The number of ether oxygens (including phenoxy) is 2. The molecule has 1 rings (SSSR count). The minimum absolute atomic E-state index is 0.106. The Labute approximate surface area is 358 Å². The van der Waals surface area contributed by atoms with Gasteiger partial charge in [-0.05, 0) is 31.0 Å². The van der Waals surface area contributed by atoms with Crippen molar-refractivity contribution in [3.05, 3.63) is 29.3 Å². The fourth-order valence-electron chi connectivity index (χ4n) is 7.80. The van der Waals surface area contributed by atoms with Crippen molar-refractivity contribution in [2.24, 2.45) is 0 Å². The van der Waals surface area contributed by atoms with Crippen LogP contribution in [-0.4, -0.2) is 39.4 Å². The number of unbranched alkanes of at least 4 members (excludes halogenated alkanes) is 34. The molecule has 58 heavy (non-hydrogen) atoms. The second-order valence-electron chi connectivity index (χ2n) is 16.9. The number of hydrogen-bond donors (Lipinski definition) is 0. The van der Waals surface area contributed by atoms with Gasteiger partial charge < -0.3 is 18.5 Å². The van der Waals surface area contributed by atoms with Crippen LogP contribution in [0.2, 0.25) is 0 Å². The molecule has 0 amide bonds. The maximum atomic E-state index is 14.4. The molecule has 0 aliphatic carbocycles. The lowest BCUT2D eigenvalue weighted by molar-refractivity contribution is 0.0599. The molecular formula is C50H91O7P. The van der Waals surface area contributed by atoms with Gasteiger partial charge in [-0.1, -0.05) is 232 Å². The number of carbonyl (C=O) groups excluding carboxylic acids is 2. The van der Waals surface area contributed by atoms with Crippen molar-refractivity contribution in [3.8, 4) is 0 Å². The third-order valence-electron chi connectivity index (χ3n) is 11.6. The van der Waals surface area contributed by atoms with Gasteiger partial charge in [0.05, 0.1) is 43.9 Å². The van der Waals surface area contributed by atoms with Gasteiger partial charge in [0.25, 0.3) is 0 Å². The van der Waals surface area contributed by atoms with Crippen LogP contribution < -0.4 is 5.30 Å². The molecule has 0 fully saturated rings. The first-order valence-corrected chi connectivity index (χ1v) is 26.2. The summed E-state index contributed by atoms with van der Waals surface area (Å²) in [6, 6.07) is 4.31. The highest BCUT2D eigenvalue weighted by atomic mass is 31.2. The summed E-state index contributed by atoms with van der Waals surface area (Å²) < 4.78 is 36.3. The fourth-order valence-corrected chi connectivity index (χ4v) is 9.51. The molecule has 7 nitrogen and oxygen atoms in total. The molecular weight excluding hydrogens is 744 g/mol. The summed E-state index contributed by atoms with van der Waals surface area (Å²) in [5.41, 5.74) is 0.211. The maximum absolute atomic E-state index is 14.4. The van der Waals surface area contributed by atoms with E-state index in [-0.39, 0.29) is 29.6 Å². The quantitative estimate of drug-likeness (QED) is 0.0368. The SMILES string of the molecule is CCCCCCCCCCCCCCCCCCCCOP(=O)(OCCCCCCCCCCCCCCCCCCCC)c1cc(C(=O)OC)cc(C(=O)OC)c1. The molecule has 0 saturated heterocycles. The summed E-state index contributed by atoms with van der Waals surface area (Å²) in [5, 5.41) is 0.181. The first-order valence-electron chi connectivity index (χ1n) is 24.6. The summed E-state index contributed by atoms with van der Waals surface area (Å²) in [7, 11) is -1.28. The molecule has 0 N–H and O–H groups in total. The third-order valence-corrected chi connectivity index (χ3v) is 13.5. The molecule has 0 radical (unpaired) electrons. The van der Waals surface area contributed by atoms with E-state index >= 15 is 0 Å². The van der Waals surface area contributed by atoms with Crippen molar-refractivity contribution in [2.45, 2.75) is 245 Å². The second-order valence-corrected chi connectivity index (χ2v) is 19.0. The van der Waals surface area contributed by atoms with Gasteiger partial charge in [0, 0.05) is 0 Å². The van der Waals surface area contributed by atoms with Crippen molar-refractivity contribution in [2.75, 3.05) is 27.4 Å². The monoisotopic (exact) mass is 835 g/mol. The highest BCUT2D eigenvalue weighted by Crippen LogP contribution is 2.48. The minimum Gasteiger partial charge on any atom is -0.465 e. The third kappa shape index (κ3) is 29.5. The van der Waals surface area contributed by atoms with E-state index in [2.05, 4.69) is 13.8 Å². The van der Waals surface area contributed by atoms with E-state index in [0.717, 1.165) is 38.5 Å². The zero-order chi connectivity index (χ0) is 42.2. The van der Waals surface area contributed by atoms with Gasteiger partial charge in [-0.3, -0.25) is 4.57 Å². The molecule has 338 valence electrons. The van der Waals surface area contributed by atoms with Crippen molar-refractivity contribution in [1.29, 1.82) is 0 Å². The molecule has 0 saturated carbocycles. The molecule has 0 aromatic heterocycles. The van der Waals surface area contributed by atoms with Gasteiger partial charge in [0.15, 0.2) is 0 Å². The summed E-state index contributed by atoms with van der Waals surface area (Å²) in [6.07, 6.45) is 46.6. The first-order chi connectivity index (χ1) is 28.4. The van der Waals surface area contributed by atoms with Crippen LogP contribution in [0.3, 0.4) is 0 Å². The Morgan fingerprint density at radius 3 is 0.828 bits per heavy atom. The maximum Gasteiger partial charge on any atom is 0.361 e. The summed E-state index contributed by atoms with van der Waals surface area (Å²) in [6.45, 7) is 5.12. The largest absolute Gasteiger partial charge is 0.465 e. The van der Waals surface area contributed by atoms with Crippen molar-refractivity contribution < 1.29 is 32.7 Å². The Morgan fingerprint density at radius 1 is 0.379 bits per heavy atom. The van der Waals surface area contributed by atoms with E-state index in [1.165, 1.54) is 225 Å². The summed E-state index contributed by atoms with van der Waals surface area (Å²) in [5.74, 6) is -1.27. The smallest absolute Gasteiger partial charge is 0.361 e. The zero-order valence-electron chi connectivity index (χ0n) is 38.4. The highest BCUT2D eigenvalue weighted by Gasteiger charge is 2.30. The van der Waals surface area contributed by atoms with Crippen LogP contribution >= 0.6 is 7.60 Å². The fraction of sp³-hybridized carbons (Fsp3) is 0.840. The molecule has 1 aromatic carbocycles. The van der Waals surface area contributed by atoms with Crippen LogP contribution in [0, 0.1) is 0 Å². The van der Waals surface area contributed by atoms with Gasteiger partial charge in [-0.15, -0.1) is 0 Å². The standard InChI is InChI=1S/C50H91O7P/c1-5-7-9-11-13-15-17-19-21-23-25-27-29-31-33-35-37-39-41-56-58(53,48-44-46(49(51)54-3)43-47(45-48)50(52)55-4)57-42-40-38-36-34-32-30-28-26-24-22-20-18-16-14-12-10-8-6-2/h43-45H,5-42H2,1-4H3. The Morgan fingerprint density at radius 2 is 0.603 bits per heavy atom. The van der Waals surface area contributed by atoms with Crippen LogP contribution in [0.5, 0.6) is 0 Å². The number of methoxy groups -OCH3 is 2. The van der Waals surface area contributed by atoms with E-state index in [1.54, 1.807) is 0 Å². The van der Waals surface area contributed by atoms with Crippen LogP contribution in [0.1, 0.15) is 266 Å². The van der Waals surface area contributed by atoms with Gasteiger partial charge in [-0.2, -0.15) is 0 Å². The normalized spacial score (nSPS) is 11.7. The molecule has 1 aromatic rings. The summed E-state index contributed by atoms with van der Waals surface area (Å²) >= 11 is 0. The minimum atomic E-state index is -3.83. The van der Waals surface area contributed by atoms with Crippen LogP contribution in [-0.2, 0) is 23.1 Å². The average Bonchev–Trinajstić information content (AvgIpc) is 3.24. The van der Waals surface area contributed by atoms with E-state index in [9.17, 15) is 14.2 Å². The lowest BCUT2D eigenvalue weighted by atomic mass is 10.0. The molecule has 0 unspecified atom stereocenters. The lowest BCUT2D eigenvalue weighted by Gasteiger charge is -2.20. The Kier molecular flexibility index (Phi) is 36.9. The molecule has 0 bridgehead atoms. The van der Waals surface area contributed by atoms with Gasteiger partial charge in [-0.25, -0.2) is 9.59 Å². The van der Waals surface area contributed by atoms with Crippen LogP contribution in [0.15, 0.2) is 18.2 Å². The van der Waals surface area contributed by atoms with Gasteiger partial charge >= 0.3 is 19.5 Å². The number of carbonyl (C=O) groups is 2. The van der Waals surface area contributed by atoms with E-state index in [0.29, 0.717) is 0 Å².